The molecule has 9 nitrogen and oxygen atoms in total. The predicted octanol–water partition coefficient (Wildman–Crippen LogP) is 3.70. The lowest BCUT2D eigenvalue weighted by Gasteiger charge is -2.45. The topological polar surface area (TPSA) is 99.0 Å². The van der Waals surface area contributed by atoms with Gasteiger partial charge in [-0.15, -0.1) is 0 Å². The molecule has 39 heavy (non-hydrogen) atoms. The van der Waals surface area contributed by atoms with E-state index < -0.39 is 5.97 Å². The molecule has 212 valence electrons. The number of piperidine rings is 1. The van der Waals surface area contributed by atoms with E-state index in [1.165, 1.54) is 57.8 Å². The van der Waals surface area contributed by atoms with Crippen LogP contribution < -0.4 is 10.5 Å². The average Bonchev–Trinajstić information content (AvgIpc) is 3.14. The van der Waals surface area contributed by atoms with Crippen LogP contribution in [-0.4, -0.2) is 88.1 Å². The number of fused-ring (bicyclic) bond motifs is 3. The molecule has 1 saturated carbocycles. The molecule has 1 aromatic heterocycles. The zero-order valence-corrected chi connectivity index (χ0v) is 23.2. The fourth-order valence-electron chi connectivity index (χ4n) is 7.41. The molecule has 0 amide bonds. The van der Waals surface area contributed by atoms with Gasteiger partial charge in [-0.05, 0) is 57.7 Å². The Morgan fingerprint density at radius 1 is 0.974 bits per heavy atom. The van der Waals surface area contributed by atoms with Gasteiger partial charge in [-0.25, -0.2) is 4.98 Å². The van der Waals surface area contributed by atoms with E-state index in [2.05, 4.69) is 4.90 Å². The van der Waals surface area contributed by atoms with Crippen LogP contribution in [0.5, 0.6) is 0 Å². The third-order valence-electron chi connectivity index (χ3n) is 9.16. The van der Waals surface area contributed by atoms with E-state index in [1.54, 1.807) is 16.8 Å². The maximum Gasteiger partial charge on any atom is 0.317 e. The van der Waals surface area contributed by atoms with Crippen LogP contribution >= 0.6 is 0 Å². The highest BCUT2D eigenvalue weighted by Crippen LogP contribution is 2.44. The number of rotatable bonds is 10. The molecule has 9 heteroatoms. The van der Waals surface area contributed by atoms with Crippen molar-refractivity contribution < 1.29 is 14.7 Å². The summed E-state index contributed by atoms with van der Waals surface area (Å²) >= 11 is 0. The van der Waals surface area contributed by atoms with Crippen molar-refractivity contribution in [3.05, 3.63) is 34.6 Å². The predicted molar refractivity (Wildman–Crippen MR) is 152 cm³/mol. The number of hydrogen-bond donors (Lipinski definition) is 1. The number of benzene rings is 1. The monoisotopic (exact) mass is 537 g/mol. The second-order valence-corrected chi connectivity index (χ2v) is 11.8. The van der Waals surface area contributed by atoms with Crippen molar-refractivity contribution in [2.75, 3.05) is 38.1 Å². The summed E-state index contributed by atoms with van der Waals surface area (Å²) in [6.07, 6.45) is 14.5. The molecule has 2 unspecified atom stereocenters. The van der Waals surface area contributed by atoms with E-state index in [0.717, 1.165) is 30.2 Å². The lowest BCUT2D eigenvalue weighted by molar-refractivity contribution is -0.137. The molecule has 0 spiro atoms. The second kappa shape index (κ2) is 12.6. The second-order valence-electron chi connectivity index (χ2n) is 11.8. The van der Waals surface area contributed by atoms with Gasteiger partial charge in [-0.3, -0.25) is 19.4 Å². The van der Waals surface area contributed by atoms with Crippen molar-refractivity contribution >= 4 is 29.1 Å². The van der Waals surface area contributed by atoms with Crippen molar-refractivity contribution in [1.82, 2.24) is 19.4 Å². The molecule has 1 aliphatic carbocycles. The van der Waals surface area contributed by atoms with Crippen molar-refractivity contribution in [3.8, 4) is 0 Å². The summed E-state index contributed by atoms with van der Waals surface area (Å²) in [4.78, 5) is 47.8. The molecule has 2 bridgehead atoms. The van der Waals surface area contributed by atoms with Crippen LogP contribution in [0.3, 0.4) is 0 Å². The fourth-order valence-corrected chi connectivity index (χ4v) is 7.41. The van der Waals surface area contributed by atoms with Gasteiger partial charge in [0.05, 0.1) is 24.1 Å². The lowest BCUT2D eigenvalue weighted by atomic mass is 9.89. The molecule has 5 rings (SSSR count). The van der Waals surface area contributed by atoms with Crippen LogP contribution in [0, 0.1) is 0 Å². The first-order chi connectivity index (χ1) is 19.0. The number of carbonyl (C=O) groups excluding carboxylic acids is 1. The first-order valence-corrected chi connectivity index (χ1v) is 14.8. The maximum atomic E-state index is 14.1. The number of likely N-dealkylation sites (N-methyl/N-ethyl adjacent to an activating group) is 1. The highest BCUT2D eigenvalue weighted by atomic mass is 16.4. The van der Waals surface area contributed by atoms with Gasteiger partial charge in [0.2, 0.25) is 0 Å². The van der Waals surface area contributed by atoms with Crippen LogP contribution in [0.2, 0.25) is 0 Å². The van der Waals surface area contributed by atoms with E-state index in [4.69, 9.17) is 10.1 Å². The Bertz CT molecular complexity index is 1190. The van der Waals surface area contributed by atoms with E-state index in [1.807, 2.05) is 28.8 Å². The molecule has 2 saturated heterocycles. The van der Waals surface area contributed by atoms with Gasteiger partial charge in [0.15, 0.2) is 5.82 Å². The number of aldehydes is 1. The van der Waals surface area contributed by atoms with Gasteiger partial charge < -0.3 is 19.4 Å². The number of para-hydroxylation sites is 2. The lowest BCUT2D eigenvalue weighted by Crippen LogP contribution is -2.50. The third kappa shape index (κ3) is 6.19. The summed E-state index contributed by atoms with van der Waals surface area (Å²) in [6.45, 7) is 0.673. The van der Waals surface area contributed by atoms with Crippen LogP contribution in [0.1, 0.15) is 76.7 Å². The Kier molecular flexibility index (Phi) is 8.97. The average molecular weight is 538 g/mol. The smallest absolute Gasteiger partial charge is 0.317 e. The Morgan fingerprint density at radius 3 is 2.31 bits per heavy atom. The van der Waals surface area contributed by atoms with Crippen molar-refractivity contribution in [2.24, 2.45) is 0 Å². The van der Waals surface area contributed by atoms with Crippen LogP contribution in [-0.2, 0) is 9.59 Å². The largest absolute Gasteiger partial charge is 0.480 e. The SMILES string of the molecule is CN(CCN(CC=O)c1nc2ccccc2n(C2CC3CCC(C2)N3C2CCCCCCC2)c1=O)CC(=O)O. The number of aliphatic carboxylic acids is 1. The number of nitrogens with zero attached hydrogens (tertiary/aromatic N) is 5. The van der Waals surface area contributed by atoms with Gasteiger partial charge in [-0.1, -0.05) is 44.2 Å². The number of carboxylic acid groups (broad SMARTS) is 1. The highest BCUT2D eigenvalue weighted by molar-refractivity contribution is 5.77. The Labute approximate surface area is 230 Å². The molecule has 3 aliphatic rings. The van der Waals surface area contributed by atoms with Gasteiger partial charge in [0, 0.05) is 37.3 Å². The molecule has 1 N–H and O–H groups in total. The van der Waals surface area contributed by atoms with Crippen molar-refractivity contribution in [1.29, 1.82) is 0 Å². The minimum Gasteiger partial charge on any atom is -0.480 e. The van der Waals surface area contributed by atoms with E-state index in [-0.39, 0.29) is 30.5 Å². The van der Waals surface area contributed by atoms with Crippen molar-refractivity contribution in [2.45, 2.75) is 94.8 Å². The first-order valence-electron chi connectivity index (χ1n) is 14.8. The molecule has 2 aromatic rings. The highest BCUT2D eigenvalue weighted by Gasteiger charge is 2.44. The first kappa shape index (κ1) is 27.8. The summed E-state index contributed by atoms with van der Waals surface area (Å²) in [5, 5.41) is 9.11. The van der Waals surface area contributed by atoms with Crippen molar-refractivity contribution in [3.63, 3.8) is 0 Å². The van der Waals surface area contributed by atoms with Gasteiger partial charge in [0.25, 0.3) is 5.56 Å². The number of carboxylic acids is 1. The Hall–Kier alpha value is -2.78. The minimum absolute atomic E-state index is 0.0346. The zero-order valence-electron chi connectivity index (χ0n) is 23.2. The van der Waals surface area contributed by atoms with E-state index >= 15 is 0 Å². The summed E-state index contributed by atoms with van der Waals surface area (Å²) in [5.41, 5.74) is 1.45. The summed E-state index contributed by atoms with van der Waals surface area (Å²) in [7, 11) is 1.72. The van der Waals surface area contributed by atoms with Gasteiger partial charge in [-0.2, -0.15) is 0 Å². The summed E-state index contributed by atoms with van der Waals surface area (Å²) in [6, 6.07) is 9.61. The molecule has 3 heterocycles. The molecule has 3 fully saturated rings. The number of hydrogen-bond acceptors (Lipinski definition) is 7. The van der Waals surface area contributed by atoms with Gasteiger partial charge >= 0.3 is 5.97 Å². The fraction of sp³-hybridized carbons (Fsp3) is 0.667. The molecular formula is C30H43N5O4. The summed E-state index contributed by atoms with van der Waals surface area (Å²) in [5.74, 6) is -0.634. The normalized spacial score (nSPS) is 24.5. The van der Waals surface area contributed by atoms with Crippen LogP contribution in [0.15, 0.2) is 29.1 Å². The summed E-state index contributed by atoms with van der Waals surface area (Å²) < 4.78 is 1.97. The van der Waals surface area contributed by atoms with Crippen LogP contribution in [0.4, 0.5) is 5.82 Å². The zero-order chi connectivity index (χ0) is 27.4. The Morgan fingerprint density at radius 2 is 1.64 bits per heavy atom. The van der Waals surface area contributed by atoms with E-state index in [0.29, 0.717) is 31.2 Å². The molecule has 0 radical (unpaired) electrons. The number of aromatic nitrogens is 2. The molecule has 2 atom stereocenters. The quantitative estimate of drug-likeness (QED) is 0.458. The Balaban J connectivity index is 1.44. The number of anilines is 1. The molecule has 2 aliphatic heterocycles. The van der Waals surface area contributed by atoms with Crippen LogP contribution in [0.25, 0.3) is 11.0 Å². The standard InChI is InChI=1S/C30H43N5O4/c1-32(21-28(37)38)15-16-33(17-18-36)29-30(39)35(27-12-8-7-11-26(27)31-29)25-19-23-13-14-24(20-25)34(23)22-9-5-3-2-4-6-10-22/h7-8,11-12,18,22-25H,2-6,9-10,13-17,19-21H2,1H3,(H,37,38). The maximum absolute atomic E-state index is 14.1. The molecule has 1 aromatic carbocycles. The van der Waals surface area contributed by atoms with Gasteiger partial charge in [0.1, 0.15) is 6.29 Å². The number of carbonyl (C=O) groups is 2. The molecular weight excluding hydrogens is 494 g/mol. The third-order valence-corrected chi connectivity index (χ3v) is 9.16. The van der Waals surface area contributed by atoms with E-state index in [9.17, 15) is 14.4 Å². The minimum atomic E-state index is -0.911.